The van der Waals surface area contributed by atoms with E-state index in [1.165, 1.54) is 38.5 Å². The Bertz CT molecular complexity index is 499. The van der Waals surface area contributed by atoms with Crippen LogP contribution in [0.1, 0.15) is 56.1 Å². The van der Waals surface area contributed by atoms with Crippen molar-refractivity contribution >= 4 is 5.96 Å². The number of furan rings is 1. The summed E-state index contributed by atoms with van der Waals surface area (Å²) in [6.07, 6.45) is 7.54. The highest BCUT2D eigenvalue weighted by molar-refractivity contribution is 5.78. The van der Waals surface area contributed by atoms with Crippen LogP contribution in [0.2, 0.25) is 0 Å². The van der Waals surface area contributed by atoms with Crippen molar-refractivity contribution < 1.29 is 4.42 Å². The van der Waals surface area contributed by atoms with Crippen LogP contribution in [-0.4, -0.2) is 36.5 Å². The standard InChI is InChI=1S/C17H28N4O/c1-13-8-9-16(22-13)15(21-10-4-5-11-21)12-19-17(18)20-14-6-2-3-7-14/h8-9,14-15H,2-7,10-12H2,1H3,(H3,18,19,20). The van der Waals surface area contributed by atoms with Gasteiger partial charge in [0.05, 0.1) is 12.6 Å². The van der Waals surface area contributed by atoms with E-state index in [9.17, 15) is 0 Å². The van der Waals surface area contributed by atoms with Gasteiger partial charge in [-0.15, -0.1) is 0 Å². The number of rotatable bonds is 5. The average Bonchev–Trinajstić information content (AvgIpc) is 3.22. The molecule has 1 aromatic rings. The van der Waals surface area contributed by atoms with Gasteiger partial charge < -0.3 is 15.5 Å². The molecule has 22 heavy (non-hydrogen) atoms. The maximum Gasteiger partial charge on any atom is 0.188 e. The number of hydrogen-bond acceptors (Lipinski definition) is 3. The van der Waals surface area contributed by atoms with Crippen LogP contribution in [0.3, 0.4) is 0 Å². The third kappa shape index (κ3) is 3.83. The van der Waals surface area contributed by atoms with Gasteiger partial charge in [-0.05, 0) is 57.8 Å². The highest BCUT2D eigenvalue weighted by atomic mass is 16.3. The van der Waals surface area contributed by atoms with Gasteiger partial charge in [-0.2, -0.15) is 0 Å². The zero-order chi connectivity index (χ0) is 15.4. The van der Waals surface area contributed by atoms with E-state index in [1.54, 1.807) is 0 Å². The van der Waals surface area contributed by atoms with Gasteiger partial charge in [-0.25, -0.2) is 0 Å². The Balaban J connectivity index is 1.64. The van der Waals surface area contributed by atoms with Crippen LogP contribution in [0.25, 0.3) is 0 Å². The molecule has 5 nitrogen and oxygen atoms in total. The molecule has 2 aliphatic rings. The summed E-state index contributed by atoms with van der Waals surface area (Å²) in [6, 6.07) is 4.83. The van der Waals surface area contributed by atoms with E-state index in [2.05, 4.69) is 21.3 Å². The van der Waals surface area contributed by atoms with E-state index in [0.29, 0.717) is 18.5 Å². The topological polar surface area (TPSA) is 66.8 Å². The van der Waals surface area contributed by atoms with E-state index in [0.717, 1.165) is 24.6 Å². The second kappa shape index (κ2) is 7.18. The van der Waals surface area contributed by atoms with Gasteiger partial charge in [0.15, 0.2) is 5.96 Å². The molecule has 3 N–H and O–H groups in total. The van der Waals surface area contributed by atoms with Crippen LogP contribution in [0.15, 0.2) is 21.5 Å². The van der Waals surface area contributed by atoms with Crippen molar-refractivity contribution in [3.8, 4) is 0 Å². The molecule has 0 radical (unpaired) electrons. The highest BCUT2D eigenvalue weighted by Gasteiger charge is 2.26. The zero-order valence-corrected chi connectivity index (χ0v) is 13.6. The van der Waals surface area contributed by atoms with Crippen molar-refractivity contribution in [3.05, 3.63) is 23.7 Å². The first-order valence-electron chi connectivity index (χ1n) is 8.59. The Morgan fingerprint density at radius 1 is 1.32 bits per heavy atom. The van der Waals surface area contributed by atoms with Crippen LogP contribution >= 0.6 is 0 Å². The van der Waals surface area contributed by atoms with Gasteiger partial charge >= 0.3 is 0 Å². The predicted octanol–water partition coefficient (Wildman–Crippen LogP) is 2.57. The van der Waals surface area contributed by atoms with Gasteiger partial charge in [-0.1, -0.05) is 12.8 Å². The summed E-state index contributed by atoms with van der Waals surface area (Å²) >= 11 is 0. The highest BCUT2D eigenvalue weighted by Crippen LogP contribution is 2.27. The molecule has 1 saturated carbocycles. The molecular weight excluding hydrogens is 276 g/mol. The molecule has 2 fully saturated rings. The van der Waals surface area contributed by atoms with E-state index >= 15 is 0 Å². The Kier molecular flexibility index (Phi) is 5.03. The molecule has 0 aromatic carbocycles. The van der Waals surface area contributed by atoms with E-state index < -0.39 is 0 Å². The second-order valence-electron chi connectivity index (χ2n) is 6.56. The minimum atomic E-state index is 0.208. The van der Waals surface area contributed by atoms with E-state index in [-0.39, 0.29) is 6.04 Å². The molecule has 0 amide bonds. The van der Waals surface area contributed by atoms with Gasteiger partial charge in [0.25, 0.3) is 0 Å². The van der Waals surface area contributed by atoms with Crippen molar-refractivity contribution in [3.63, 3.8) is 0 Å². The fraction of sp³-hybridized carbons (Fsp3) is 0.706. The van der Waals surface area contributed by atoms with Crippen molar-refractivity contribution in [1.82, 2.24) is 10.2 Å². The molecule has 1 aliphatic heterocycles. The van der Waals surface area contributed by atoms with Gasteiger partial charge in [-0.3, -0.25) is 9.89 Å². The Hall–Kier alpha value is -1.49. The lowest BCUT2D eigenvalue weighted by atomic mass is 10.2. The zero-order valence-electron chi connectivity index (χ0n) is 13.6. The number of aliphatic imine (C=N–C) groups is 1. The predicted molar refractivity (Wildman–Crippen MR) is 88.9 cm³/mol. The number of likely N-dealkylation sites (tertiary alicyclic amines) is 1. The van der Waals surface area contributed by atoms with Crippen LogP contribution in [0.4, 0.5) is 0 Å². The average molecular weight is 304 g/mol. The first kappa shape index (κ1) is 15.4. The molecule has 1 aromatic heterocycles. The molecule has 1 unspecified atom stereocenters. The Morgan fingerprint density at radius 3 is 2.68 bits per heavy atom. The molecular formula is C17H28N4O. The van der Waals surface area contributed by atoms with Crippen LogP contribution in [-0.2, 0) is 0 Å². The summed E-state index contributed by atoms with van der Waals surface area (Å²) in [5.74, 6) is 2.55. The summed E-state index contributed by atoms with van der Waals surface area (Å²) in [4.78, 5) is 7.06. The fourth-order valence-electron chi connectivity index (χ4n) is 3.58. The molecule has 5 heteroatoms. The van der Waals surface area contributed by atoms with Crippen molar-refractivity contribution in [2.24, 2.45) is 10.7 Å². The number of aryl methyl sites for hydroxylation is 1. The number of nitrogens with one attached hydrogen (secondary N) is 1. The molecule has 122 valence electrons. The van der Waals surface area contributed by atoms with Crippen LogP contribution in [0.5, 0.6) is 0 Å². The van der Waals surface area contributed by atoms with Gasteiger partial charge in [0.2, 0.25) is 0 Å². The third-order valence-corrected chi connectivity index (χ3v) is 4.81. The van der Waals surface area contributed by atoms with E-state index in [1.807, 2.05) is 13.0 Å². The van der Waals surface area contributed by atoms with Crippen LogP contribution < -0.4 is 11.1 Å². The molecule has 0 bridgehead atoms. The van der Waals surface area contributed by atoms with Gasteiger partial charge in [0.1, 0.15) is 11.5 Å². The number of nitrogens with two attached hydrogens (primary N) is 1. The monoisotopic (exact) mass is 304 g/mol. The minimum absolute atomic E-state index is 0.208. The maximum atomic E-state index is 6.07. The summed E-state index contributed by atoms with van der Waals surface area (Å²) in [7, 11) is 0. The molecule has 0 spiro atoms. The Morgan fingerprint density at radius 2 is 2.05 bits per heavy atom. The smallest absolute Gasteiger partial charge is 0.188 e. The molecule has 1 saturated heterocycles. The van der Waals surface area contributed by atoms with E-state index in [4.69, 9.17) is 10.2 Å². The first-order chi connectivity index (χ1) is 10.7. The lowest BCUT2D eigenvalue weighted by Gasteiger charge is -2.24. The Labute approximate surface area is 133 Å². The molecule has 3 rings (SSSR count). The first-order valence-corrected chi connectivity index (χ1v) is 8.59. The maximum absolute atomic E-state index is 6.07. The summed E-state index contributed by atoms with van der Waals surface area (Å²) in [6.45, 7) is 4.90. The summed E-state index contributed by atoms with van der Waals surface area (Å²) in [5.41, 5.74) is 6.07. The second-order valence-corrected chi connectivity index (χ2v) is 6.56. The molecule has 1 aliphatic carbocycles. The number of guanidine groups is 1. The van der Waals surface area contributed by atoms with Crippen molar-refractivity contribution in [2.45, 2.75) is 57.5 Å². The molecule has 2 heterocycles. The molecule has 1 atom stereocenters. The SMILES string of the molecule is Cc1ccc(C(CN=C(N)NC2CCCC2)N2CCCC2)o1. The van der Waals surface area contributed by atoms with Crippen LogP contribution in [0, 0.1) is 6.92 Å². The normalized spacial score (nSPS) is 22.3. The summed E-state index contributed by atoms with van der Waals surface area (Å²) in [5, 5.41) is 3.36. The van der Waals surface area contributed by atoms with Gasteiger partial charge in [0, 0.05) is 6.04 Å². The number of nitrogens with zero attached hydrogens (tertiary/aromatic N) is 2. The lowest BCUT2D eigenvalue weighted by Crippen LogP contribution is -2.39. The fourth-order valence-corrected chi connectivity index (χ4v) is 3.58. The minimum Gasteiger partial charge on any atom is -0.465 e. The summed E-state index contributed by atoms with van der Waals surface area (Å²) < 4.78 is 5.85. The largest absolute Gasteiger partial charge is 0.465 e. The van der Waals surface area contributed by atoms with Crippen molar-refractivity contribution in [2.75, 3.05) is 19.6 Å². The number of hydrogen-bond donors (Lipinski definition) is 2. The lowest BCUT2D eigenvalue weighted by molar-refractivity contribution is 0.219. The van der Waals surface area contributed by atoms with Crippen molar-refractivity contribution in [1.29, 1.82) is 0 Å². The quantitative estimate of drug-likeness (QED) is 0.648. The third-order valence-electron chi connectivity index (χ3n) is 4.81.